The van der Waals surface area contributed by atoms with Crippen molar-refractivity contribution < 1.29 is 14.3 Å². The second-order valence-electron chi connectivity index (χ2n) is 4.47. The van der Waals surface area contributed by atoms with Gasteiger partial charge in [0.1, 0.15) is 6.04 Å². The molecule has 0 aliphatic rings. The van der Waals surface area contributed by atoms with E-state index in [0.717, 1.165) is 16.3 Å². The summed E-state index contributed by atoms with van der Waals surface area (Å²) in [6.07, 6.45) is 0. The van der Waals surface area contributed by atoms with Gasteiger partial charge in [-0.05, 0) is 16.3 Å². The highest BCUT2D eigenvalue weighted by atomic mass is 16.5. The molecule has 0 saturated heterocycles. The summed E-state index contributed by atoms with van der Waals surface area (Å²) in [5.74, 6) is -0.294. The number of benzene rings is 2. The minimum Gasteiger partial charge on any atom is -0.468 e. The Labute approximate surface area is 118 Å². The first-order chi connectivity index (χ1) is 9.77. The Hall–Kier alpha value is -1.91. The molecule has 0 saturated carbocycles. The number of methoxy groups -OCH3 is 2. The zero-order valence-electron chi connectivity index (χ0n) is 11.8. The molecule has 0 aliphatic carbocycles. The van der Waals surface area contributed by atoms with Crippen LogP contribution in [0, 0.1) is 0 Å². The van der Waals surface area contributed by atoms with Gasteiger partial charge in [-0.2, -0.15) is 0 Å². The first-order valence-corrected chi connectivity index (χ1v) is 6.55. The summed E-state index contributed by atoms with van der Waals surface area (Å²) in [6, 6.07) is 13.4. The van der Waals surface area contributed by atoms with Crippen molar-refractivity contribution in [2.75, 3.05) is 27.4 Å². The molecule has 2 aromatic carbocycles. The van der Waals surface area contributed by atoms with Gasteiger partial charge < -0.3 is 9.47 Å². The number of rotatable bonds is 6. The Balaban J connectivity index is 2.37. The molecule has 0 spiro atoms. The van der Waals surface area contributed by atoms with Crippen LogP contribution in [0.4, 0.5) is 0 Å². The van der Waals surface area contributed by atoms with Gasteiger partial charge in [0.2, 0.25) is 0 Å². The fourth-order valence-corrected chi connectivity index (χ4v) is 2.25. The van der Waals surface area contributed by atoms with Crippen LogP contribution < -0.4 is 5.32 Å². The number of nitrogens with one attached hydrogen (secondary N) is 1. The summed E-state index contributed by atoms with van der Waals surface area (Å²) in [4.78, 5) is 12.0. The second kappa shape index (κ2) is 7.03. The van der Waals surface area contributed by atoms with Crippen LogP contribution in [0.1, 0.15) is 11.6 Å². The average Bonchev–Trinajstić information content (AvgIpc) is 2.50. The Kier molecular flexibility index (Phi) is 5.09. The van der Waals surface area contributed by atoms with Crippen LogP contribution in [0.2, 0.25) is 0 Å². The van der Waals surface area contributed by atoms with Crippen LogP contribution in [0.25, 0.3) is 10.8 Å². The molecule has 106 valence electrons. The molecule has 2 aromatic rings. The third-order valence-corrected chi connectivity index (χ3v) is 3.23. The van der Waals surface area contributed by atoms with Crippen LogP contribution in [-0.2, 0) is 14.3 Å². The maximum absolute atomic E-state index is 12.0. The van der Waals surface area contributed by atoms with Gasteiger partial charge >= 0.3 is 5.97 Å². The molecule has 0 amide bonds. The molecule has 20 heavy (non-hydrogen) atoms. The topological polar surface area (TPSA) is 47.6 Å². The molecule has 4 nitrogen and oxygen atoms in total. The molecule has 1 unspecified atom stereocenters. The van der Waals surface area contributed by atoms with Crippen molar-refractivity contribution in [3.8, 4) is 0 Å². The van der Waals surface area contributed by atoms with E-state index in [2.05, 4.69) is 5.32 Å². The van der Waals surface area contributed by atoms with E-state index in [1.807, 2.05) is 42.5 Å². The fraction of sp³-hybridized carbons (Fsp3) is 0.312. The number of esters is 1. The Morgan fingerprint density at radius 1 is 1.15 bits per heavy atom. The molecule has 1 atom stereocenters. The number of hydrogen-bond acceptors (Lipinski definition) is 4. The first kappa shape index (κ1) is 14.5. The number of fused-ring (bicyclic) bond motifs is 1. The molecule has 0 aromatic heterocycles. The summed E-state index contributed by atoms with van der Waals surface area (Å²) in [5.41, 5.74) is 0.922. The lowest BCUT2D eigenvalue weighted by Gasteiger charge is -2.18. The molecule has 0 bridgehead atoms. The molecular weight excluding hydrogens is 254 g/mol. The van der Waals surface area contributed by atoms with E-state index in [4.69, 9.17) is 9.47 Å². The zero-order chi connectivity index (χ0) is 14.4. The van der Waals surface area contributed by atoms with Gasteiger partial charge in [0.15, 0.2) is 0 Å². The average molecular weight is 273 g/mol. The molecule has 0 radical (unpaired) electrons. The van der Waals surface area contributed by atoms with E-state index >= 15 is 0 Å². The predicted molar refractivity (Wildman–Crippen MR) is 78.6 cm³/mol. The maximum atomic E-state index is 12.0. The maximum Gasteiger partial charge on any atom is 0.327 e. The number of hydrogen-bond donors (Lipinski definition) is 1. The third kappa shape index (κ3) is 3.15. The highest BCUT2D eigenvalue weighted by Crippen LogP contribution is 2.25. The quantitative estimate of drug-likeness (QED) is 0.648. The Bertz CT molecular complexity index is 577. The summed E-state index contributed by atoms with van der Waals surface area (Å²) < 4.78 is 9.92. The molecule has 1 N–H and O–H groups in total. The van der Waals surface area contributed by atoms with Crippen LogP contribution in [0.3, 0.4) is 0 Å². The number of carbonyl (C=O) groups excluding carboxylic acids is 1. The standard InChI is InChI=1S/C16H19NO3/c1-19-11-10-17-15(16(18)20-2)14-9-5-7-12-6-3-4-8-13(12)14/h3-9,15,17H,10-11H2,1-2H3. The lowest BCUT2D eigenvalue weighted by molar-refractivity contribution is -0.143. The Morgan fingerprint density at radius 3 is 2.65 bits per heavy atom. The summed E-state index contributed by atoms with van der Waals surface area (Å²) in [7, 11) is 3.03. The molecule has 0 fully saturated rings. The highest BCUT2D eigenvalue weighted by Gasteiger charge is 2.22. The third-order valence-electron chi connectivity index (χ3n) is 3.23. The molecule has 4 heteroatoms. The van der Waals surface area contributed by atoms with Crippen LogP contribution in [-0.4, -0.2) is 33.3 Å². The van der Waals surface area contributed by atoms with E-state index in [-0.39, 0.29) is 5.97 Å². The van der Waals surface area contributed by atoms with Gasteiger partial charge in [-0.3, -0.25) is 5.32 Å². The fourth-order valence-electron chi connectivity index (χ4n) is 2.25. The van der Waals surface area contributed by atoms with Crippen molar-refractivity contribution in [2.45, 2.75) is 6.04 Å². The number of carbonyl (C=O) groups is 1. The van der Waals surface area contributed by atoms with Crippen LogP contribution in [0.5, 0.6) is 0 Å². The van der Waals surface area contributed by atoms with Crippen molar-refractivity contribution in [2.24, 2.45) is 0 Å². The van der Waals surface area contributed by atoms with Crippen molar-refractivity contribution in [1.29, 1.82) is 0 Å². The lowest BCUT2D eigenvalue weighted by Crippen LogP contribution is -2.32. The van der Waals surface area contributed by atoms with Crippen molar-refractivity contribution >= 4 is 16.7 Å². The summed E-state index contributed by atoms with van der Waals surface area (Å²) in [6.45, 7) is 1.12. The molecule has 0 heterocycles. The van der Waals surface area contributed by atoms with Crippen molar-refractivity contribution in [1.82, 2.24) is 5.32 Å². The SMILES string of the molecule is COCCNC(C(=O)OC)c1cccc2ccccc12. The van der Waals surface area contributed by atoms with Crippen molar-refractivity contribution in [3.05, 3.63) is 48.0 Å². The van der Waals surface area contributed by atoms with E-state index < -0.39 is 6.04 Å². The van der Waals surface area contributed by atoms with E-state index in [9.17, 15) is 4.79 Å². The Morgan fingerprint density at radius 2 is 1.90 bits per heavy atom. The van der Waals surface area contributed by atoms with Gasteiger partial charge in [0.05, 0.1) is 13.7 Å². The van der Waals surface area contributed by atoms with Crippen LogP contribution >= 0.6 is 0 Å². The van der Waals surface area contributed by atoms with Gasteiger partial charge in [0.25, 0.3) is 0 Å². The largest absolute Gasteiger partial charge is 0.468 e. The van der Waals surface area contributed by atoms with Gasteiger partial charge in [-0.1, -0.05) is 42.5 Å². The monoisotopic (exact) mass is 273 g/mol. The van der Waals surface area contributed by atoms with Gasteiger partial charge in [-0.15, -0.1) is 0 Å². The van der Waals surface area contributed by atoms with E-state index in [0.29, 0.717) is 13.2 Å². The zero-order valence-corrected chi connectivity index (χ0v) is 11.8. The van der Waals surface area contributed by atoms with E-state index in [1.54, 1.807) is 7.11 Å². The minimum atomic E-state index is -0.485. The minimum absolute atomic E-state index is 0.294. The first-order valence-electron chi connectivity index (χ1n) is 6.55. The molecule has 2 rings (SSSR count). The second-order valence-corrected chi connectivity index (χ2v) is 4.47. The van der Waals surface area contributed by atoms with E-state index in [1.165, 1.54) is 7.11 Å². The number of ether oxygens (including phenoxy) is 2. The van der Waals surface area contributed by atoms with Gasteiger partial charge in [-0.25, -0.2) is 4.79 Å². The van der Waals surface area contributed by atoms with Gasteiger partial charge in [0, 0.05) is 13.7 Å². The smallest absolute Gasteiger partial charge is 0.327 e. The lowest BCUT2D eigenvalue weighted by atomic mass is 9.98. The normalized spacial score (nSPS) is 12.3. The predicted octanol–water partition coefficient (Wildman–Crippen LogP) is 2.29. The van der Waals surface area contributed by atoms with Crippen molar-refractivity contribution in [3.63, 3.8) is 0 Å². The summed E-state index contributed by atoms with van der Waals surface area (Å²) in [5, 5.41) is 5.34. The summed E-state index contributed by atoms with van der Waals surface area (Å²) >= 11 is 0. The van der Waals surface area contributed by atoms with Crippen LogP contribution in [0.15, 0.2) is 42.5 Å². The molecular formula is C16H19NO3. The molecule has 0 aliphatic heterocycles. The highest BCUT2D eigenvalue weighted by molar-refractivity contribution is 5.90.